The van der Waals surface area contributed by atoms with Gasteiger partial charge in [0.05, 0.1) is 29.2 Å². The van der Waals surface area contributed by atoms with Crippen LogP contribution in [0.2, 0.25) is 0 Å². The molecule has 2 saturated carbocycles. The average molecular weight is 749 g/mol. The van der Waals surface area contributed by atoms with Gasteiger partial charge in [-0.3, -0.25) is 28.9 Å². The second-order valence-corrected chi connectivity index (χ2v) is 16.2. The fraction of sp³-hybridized carbons (Fsp3) is 0.500. The monoisotopic (exact) mass is 748 g/mol. The molecule has 4 heterocycles. The SMILES string of the molecule is Cc1cnc(C(=O)N[C@H]2CCCCCC=C[C@@H]3C[C@@]3(C(=O)NS(=O)(=O)C3CC3)NC(=O)[C@@H]3C[C@@H](Oc4nc5c(F)cccc5nc4C)CN3C2=O)cn1. The van der Waals surface area contributed by atoms with E-state index in [-0.39, 0.29) is 42.9 Å². The number of carbonyl (C=O) groups excluding carboxylic acids is 4. The summed E-state index contributed by atoms with van der Waals surface area (Å²) in [5, 5.41) is 4.97. The number of nitrogens with zero attached hydrogens (tertiary/aromatic N) is 5. The third-order valence-corrected chi connectivity index (χ3v) is 12.0. The Morgan fingerprint density at radius 3 is 2.62 bits per heavy atom. The van der Waals surface area contributed by atoms with Crippen LogP contribution in [0.3, 0.4) is 0 Å². The zero-order valence-corrected chi connectivity index (χ0v) is 30.2. The van der Waals surface area contributed by atoms with Gasteiger partial charge in [-0.1, -0.05) is 31.1 Å². The smallest absolute Gasteiger partial charge is 0.272 e. The number of hydrogen-bond donors (Lipinski definition) is 3. The summed E-state index contributed by atoms with van der Waals surface area (Å²) in [6.07, 6.45) is 9.74. The Labute approximate surface area is 305 Å². The van der Waals surface area contributed by atoms with Crippen molar-refractivity contribution in [2.75, 3.05) is 6.54 Å². The number of hydrogen-bond acceptors (Lipinski definition) is 11. The highest BCUT2D eigenvalue weighted by Crippen LogP contribution is 2.46. The van der Waals surface area contributed by atoms with Gasteiger partial charge in [-0.25, -0.2) is 27.8 Å². The molecule has 5 atom stereocenters. The quantitative estimate of drug-likeness (QED) is 0.300. The summed E-state index contributed by atoms with van der Waals surface area (Å²) in [7, 11) is -3.92. The molecule has 0 radical (unpaired) electrons. The lowest BCUT2D eigenvalue weighted by Crippen LogP contribution is -2.58. The minimum absolute atomic E-state index is 0.00122. The van der Waals surface area contributed by atoms with Crippen LogP contribution in [0.15, 0.2) is 42.7 Å². The molecule has 17 heteroatoms. The third kappa shape index (κ3) is 7.70. The topological polar surface area (TPSA) is 203 Å². The molecule has 3 fully saturated rings. The molecule has 7 rings (SSSR count). The highest BCUT2D eigenvalue weighted by Gasteiger charge is 2.62. The molecule has 4 amide bonds. The summed E-state index contributed by atoms with van der Waals surface area (Å²) < 4.78 is 48.7. The second-order valence-electron chi connectivity index (χ2n) is 14.3. The van der Waals surface area contributed by atoms with E-state index in [9.17, 15) is 32.0 Å². The van der Waals surface area contributed by atoms with Crippen molar-refractivity contribution in [2.45, 2.75) is 101 Å². The van der Waals surface area contributed by atoms with Crippen LogP contribution in [0.25, 0.3) is 11.0 Å². The Morgan fingerprint density at radius 2 is 1.87 bits per heavy atom. The lowest BCUT2D eigenvalue weighted by atomic mass is 10.0. The summed E-state index contributed by atoms with van der Waals surface area (Å²) in [6.45, 7) is 3.27. The maximum Gasteiger partial charge on any atom is 0.272 e. The normalized spacial score (nSPS) is 26.4. The highest BCUT2D eigenvalue weighted by molar-refractivity contribution is 7.91. The number of allylic oxidation sites excluding steroid dienone is 1. The molecule has 15 nitrogen and oxygen atoms in total. The van der Waals surface area contributed by atoms with E-state index in [0.29, 0.717) is 42.6 Å². The zero-order valence-electron chi connectivity index (χ0n) is 29.4. The van der Waals surface area contributed by atoms with Crippen LogP contribution in [0.5, 0.6) is 5.88 Å². The maximum absolute atomic E-state index is 14.7. The molecule has 3 N–H and O–H groups in total. The van der Waals surface area contributed by atoms with Gasteiger partial charge >= 0.3 is 0 Å². The van der Waals surface area contributed by atoms with Crippen LogP contribution in [0.4, 0.5) is 4.39 Å². The first kappa shape index (κ1) is 36.3. The number of sulfonamides is 1. The lowest BCUT2D eigenvalue weighted by molar-refractivity contribution is -0.141. The molecular weight excluding hydrogens is 708 g/mol. The standard InChI is InChI=1S/C36H41FN8O7S/c1-20-17-39-28(18-38-20)31(46)41-27-11-7-5-3-4-6-9-22-16-36(22,35(49)44-53(50,51)24-13-14-24)43-32(47)29-15-23(19-45(29)34(27)48)52-33-21(2)40-26-12-8-10-25(37)30(26)42-33/h6,8-10,12,17-18,22-24,27,29H,3-5,7,11,13-16,19H2,1-2H3,(H,41,46)(H,43,47)(H,44,49)/t22-,23-,27+,29+,36-/m1/s1. The van der Waals surface area contributed by atoms with Gasteiger partial charge in [-0.2, -0.15) is 0 Å². The molecule has 280 valence electrons. The number of carbonyl (C=O) groups is 4. The fourth-order valence-electron chi connectivity index (χ4n) is 6.97. The van der Waals surface area contributed by atoms with Crippen LogP contribution in [0, 0.1) is 25.6 Å². The first-order valence-corrected chi connectivity index (χ1v) is 19.4. The number of rotatable bonds is 7. The molecule has 3 aromatic rings. The first-order chi connectivity index (χ1) is 25.3. The molecule has 0 unspecified atom stereocenters. The third-order valence-electron chi connectivity index (χ3n) is 10.2. The minimum Gasteiger partial charge on any atom is -0.471 e. The number of ether oxygens (including phenoxy) is 1. The van der Waals surface area contributed by atoms with E-state index in [1.54, 1.807) is 19.9 Å². The van der Waals surface area contributed by atoms with Crippen LogP contribution < -0.4 is 20.1 Å². The van der Waals surface area contributed by atoms with E-state index in [2.05, 4.69) is 35.3 Å². The largest absolute Gasteiger partial charge is 0.471 e. The van der Waals surface area contributed by atoms with Crippen LogP contribution in [-0.2, 0) is 24.4 Å². The molecule has 0 spiro atoms. The summed E-state index contributed by atoms with van der Waals surface area (Å²) >= 11 is 0. The van der Waals surface area contributed by atoms with Crippen LogP contribution in [0.1, 0.15) is 79.7 Å². The summed E-state index contributed by atoms with van der Waals surface area (Å²) in [6, 6.07) is 2.16. The molecular formula is C36H41FN8O7S. The Balaban J connectivity index is 1.20. The minimum atomic E-state index is -3.92. The number of fused-ring (bicyclic) bond motifs is 3. The van der Waals surface area contributed by atoms with Crippen molar-refractivity contribution in [3.63, 3.8) is 0 Å². The van der Waals surface area contributed by atoms with Crippen molar-refractivity contribution in [3.05, 3.63) is 65.6 Å². The molecule has 2 aliphatic carbocycles. The molecule has 4 aliphatic rings. The molecule has 1 saturated heterocycles. The van der Waals surface area contributed by atoms with Gasteiger partial charge in [0.25, 0.3) is 11.8 Å². The van der Waals surface area contributed by atoms with E-state index < -0.39 is 74.4 Å². The predicted octanol–water partition coefficient (Wildman–Crippen LogP) is 2.33. The van der Waals surface area contributed by atoms with Gasteiger partial charge in [0, 0.05) is 18.5 Å². The molecule has 53 heavy (non-hydrogen) atoms. The van der Waals surface area contributed by atoms with Crippen molar-refractivity contribution >= 4 is 44.7 Å². The maximum atomic E-state index is 14.7. The van der Waals surface area contributed by atoms with Gasteiger partial charge in [-0.15, -0.1) is 0 Å². The Kier molecular flexibility index (Phi) is 9.86. The number of nitrogens with one attached hydrogen (secondary N) is 3. The lowest BCUT2D eigenvalue weighted by Gasteiger charge is -2.29. The summed E-state index contributed by atoms with van der Waals surface area (Å²) in [5.41, 5.74) is -0.208. The Bertz CT molecular complexity index is 2090. The first-order valence-electron chi connectivity index (χ1n) is 17.9. The summed E-state index contributed by atoms with van der Waals surface area (Å²) in [5.74, 6) is -3.69. The van der Waals surface area contributed by atoms with Crippen molar-refractivity contribution in [3.8, 4) is 5.88 Å². The van der Waals surface area contributed by atoms with Gasteiger partial charge in [0.2, 0.25) is 27.7 Å². The molecule has 2 aliphatic heterocycles. The number of aryl methyl sites for hydroxylation is 2. The van der Waals surface area contributed by atoms with Gasteiger partial charge in [0.1, 0.15) is 40.6 Å². The van der Waals surface area contributed by atoms with E-state index >= 15 is 0 Å². The number of para-hydroxylation sites is 1. The number of amides is 4. The number of halogens is 1. The van der Waals surface area contributed by atoms with Crippen molar-refractivity contribution < 1.29 is 36.7 Å². The molecule has 1 aromatic carbocycles. The second kappa shape index (κ2) is 14.4. The van der Waals surface area contributed by atoms with Crippen molar-refractivity contribution in [2.24, 2.45) is 5.92 Å². The van der Waals surface area contributed by atoms with Gasteiger partial charge in [-0.05, 0) is 64.5 Å². The Hall–Kier alpha value is -5.06. The van der Waals surface area contributed by atoms with E-state index in [0.717, 1.165) is 12.8 Å². The molecule has 2 aromatic heterocycles. The van der Waals surface area contributed by atoms with Crippen LogP contribution >= 0.6 is 0 Å². The van der Waals surface area contributed by atoms with Crippen molar-refractivity contribution in [1.29, 1.82) is 0 Å². The van der Waals surface area contributed by atoms with E-state index in [1.165, 1.54) is 29.4 Å². The number of benzene rings is 1. The Morgan fingerprint density at radius 1 is 1.06 bits per heavy atom. The highest BCUT2D eigenvalue weighted by atomic mass is 32.2. The average Bonchev–Trinajstić information content (AvgIpc) is 4.05. The van der Waals surface area contributed by atoms with Crippen LogP contribution in [-0.4, -0.2) is 92.4 Å². The number of aromatic nitrogens is 4. The van der Waals surface area contributed by atoms with Gasteiger partial charge in [0.15, 0.2) is 5.82 Å². The zero-order chi connectivity index (χ0) is 37.5. The predicted molar refractivity (Wildman–Crippen MR) is 188 cm³/mol. The molecule has 0 bridgehead atoms. The summed E-state index contributed by atoms with van der Waals surface area (Å²) in [4.78, 5) is 74.2. The van der Waals surface area contributed by atoms with E-state index in [4.69, 9.17) is 4.74 Å². The van der Waals surface area contributed by atoms with Gasteiger partial charge < -0.3 is 20.3 Å². The van der Waals surface area contributed by atoms with E-state index in [1.807, 2.05) is 12.2 Å². The fourth-order valence-corrected chi connectivity index (χ4v) is 8.34. The van der Waals surface area contributed by atoms with Crippen molar-refractivity contribution in [1.82, 2.24) is 40.2 Å².